The van der Waals surface area contributed by atoms with Crippen LogP contribution in [0.3, 0.4) is 0 Å². The molecule has 0 aromatic rings. The minimum Gasteiger partial charge on any atom is -0.746 e. The van der Waals surface area contributed by atoms with Crippen molar-refractivity contribution < 1.29 is 19.5 Å². The maximum absolute atomic E-state index is 5.42. The monoisotopic (exact) mass is 482 g/mol. The van der Waals surface area contributed by atoms with Gasteiger partial charge in [0, 0.05) is 0 Å². The Balaban J connectivity index is -0.000000333. The van der Waals surface area contributed by atoms with Gasteiger partial charge in [-0.2, -0.15) is 10.5 Å². The summed E-state index contributed by atoms with van der Waals surface area (Å²) in [5, 5.41) is -2.78. The summed E-state index contributed by atoms with van der Waals surface area (Å²) >= 11 is 21.7. The first-order valence-corrected chi connectivity index (χ1v) is 16.6. The average Bonchev–Trinajstić information content (AvgIpc) is 2.06. The Hall–Kier alpha value is 2.62. The van der Waals surface area contributed by atoms with E-state index in [1.165, 1.54) is 0 Å². The molecule has 0 amide bonds. The SMILES string of the molecule is CC(C)CP(=S)([S-])CC(C)C.CC(C)CP(=S)([S-])CC(C)C.[Zn+2]. The van der Waals surface area contributed by atoms with Gasteiger partial charge in [-0.1, -0.05) is 55.4 Å². The molecule has 0 saturated heterocycles. The predicted octanol–water partition coefficient (Wildman–Crippen LogP) is 6.48. The molecular formula is C16H36P2S4Zn. The zero-order valence-electron chi connectivity index (χ0n) is 16.4. The second-order valence-electron chi connectivity index (χ2n) is 7.93. The minimum absolute atomic E-state index is 0. The van der Waals surface area contributed by atoms with Crippen LogP contribution in [0.4, 0.5) is 0 Å². The van der Waals surface area contributed by atoms with Gasteiger partial charge in [-0.25, -0.2) is 0 Å². The van der Waals surface area contributed by atoms with Crippen LogP contribution in [-0.4, -0.2) is 24.6 Å². The van der Waals surface area contributed by atoms with Crippen LogP contribution in [-0.2, 0) is 67.6 Å². The molecule has 0 radical (unpaired) electrons. The Labute approximate surface area is 180 Å². The van der Waals surface area contributed by atoms with Gasteiger partial charge in [-0.05, 0) is 48.3 Å². The van der Waals surface area contributed by atoms with Crippen LogP contribution in [0.15, 0.2) is 0 Å². The molecule has 0 N–H and O–H groups in total. The Morgan fingerprint density at radius 1 is 0.565 bits per heavy atom. The first kappa shape index (κ1) is 30.4. The average molecular weight is 484 g/mol. The van der Waals surface area contributed by atoms with Gasteiger partial charge >= 0.3 is 19.5 Å². The molecule has 0 nitrogen and oxygen atoms in total. The first-order valence-electron chi connectivity index (χ1n) is 8.25. The van der Waals surface area contributed by atoms with Crippen molar-refractivity contribution in [3.63, 3.8) is 0 Å². The van der Waals surface area contributed by atoms with Gasteiger partial charge < -0.3 is 24.5 Å². The number of hydrogen-bond acceptors (Lipinski definition) is 4. The van der Waals surface area contributed by atoms with Crippen LogP contribution < -0.4 is 0 Å². The van der Waals surface area contributed by atoms with Crippen LogP contribution in [0.5, 0.6) is 0 Å². The fourth-order valence-corrected chi connectivity index (χ4v) is 14.3. The van der Waals surface area contributed by atoms with Crippen molar-refractivity contribution in [1.82, 2.24) is 0 Å². The summed E-state index contributed by atoms with van der Waals surface area (Å²) in [5.41, 5.74) is 0. The Bertz CT molecular complexity index is 318. The van der Waals surface area contributed by atoms with Crippen molar-refractivity contribution >= 4 is 58.6 Å². The minimum atomic E-state index is -1.39. The summed E-state index contributed by atoms with van der Waals surface area (Å²) in [7, 11) is 0. The van der Waals surface area contributed by atoms with E-state index in [9.17, 15) is 0 Å². The van der Waals surface area contributed by atoms with Gasteiger partial charge in [0.15, 0.2) is 0 Å². The maximum atomic E-state index is 5.42. The van der Waals surface area contributed by atoms with Crippen molar-refractivity contribution in [2.45, 2.75) is 55.4 Å². The van der Waals surface area contributed by atoms with E-state index in [0.717, 1.165) is 24.6 Å². The summed E-state index contributed by atoms with van der Waals surface area (Å²) in [6.07, 6.45) is 4.37. The molecule has 136 valence electrons. The second kappa shape index (κ2) is 14.7. The van der Waals surface area contributed by atoms with Gasteiger partial charge in [0.05, 0.1) is 0 Å². The van der Waals surface area contributed by atoms with Gasteiger partial charge in [-0.15, -0.1) is 23.6 Å². The quantitative estimate of drug-likeness (QED) is 0.220. The molecule has 0 aromatic carbocycles. The third-order valence-electron chi connectivity index (χ3n) is 2.57. The molecule has 0 aromatic heterocycles. The van der Waals surface area contributed by atoms with E-state index >= 15 is 0 Å². The molecule has 0 aliphatic rings. The predicted molar refractivity (Wildman–Crippen MR) is 122 cm³/mol. The summed E-state index contributed by atoms with van der Waals surface area (Å²) in [5.74, 6) is 2.71. The van der Waals surface area contributed by atoms with Crippen molar-refractivity contribution in [3.05, 3.63) is 0 Å². The maximum Gasteiger partial charge on any atom is 2.00 e. The van der Waals surface area contributed by atoms with Crippen molar-refractivity contribution in [2.75, 3.05) is 24.6 Å². The van der Waals surface area contributed by atoms with Crippen LogP contribution in [0.1, 0.15) is 55.4 Å². The fraction of sp³-hybridized carbons (Fsp3) is 1.00. The molecule has 23 heavy (non-hydrogen) atoms. The first-order chi connectivity index (χ1) is 9.67. The Morgan fingerprint density at radius 3 is 0.783 bits per heavy atom. The molecule has 0 atom stereocenters. The fourth-order valence-electron chi connectivity index (χ4n) is 2.37. The molecule has 0 bridgehead atoms. The summed E-state index contributed by atoms with van der Waals surface area (Å²) in [6.45, 7) is 17.6. The van der Waals surface area contributed by atoms with Crippen LogP contribution in [0.25, 0.3) is 0 Å². The van der Waals surface area contributed by atoms with Gasteiger partial charge in [0.25, 0.3) is 0 Å². The topological polar surface area (TPSA) is 0 Å². The van der Waals surface area contributed by atoms with E-state index < -0.39 is 10.5 Å². The van der Waals surface area contributed by atoms with Gasteiger partial charge in [0.1, 0.15) is 0 Å². The van der Waals surface area contributed by atoms with Crippen molar-refractivity contribution in [3.8, 4) is 0 Å². The van der Waals surface area contributed by atoms with Crippen LogP contribution >= 0.6 is 10.5 Å². The van der Waals surface area contributed by atoms with E-state index in [2.05, 4.69) is 55.4 Å². The van der Waals surface area contributed by atoms with Crippen molar-refractivity contribution in [2.24, 2.45) is 23.7 Å². The Morgan fingerprint density at radius 2 is 0.696 bits per heavy atom. The molecule has 0 rings (SSSR count). The summed E-state index contributed by atoms with van der Waals surface area (Å²) in [4.78, 5) is 0. The molecule has 7 heteroatoms. The second-order valence-corrected chi connectivity index (χ2v) is 22.4. The summed E-state index contributed by atoms with van der Waals surface area (Å²) < 4.78 is 0. The van der Waals surface area contributed by atoms with E-state index in [-0.39, 0.29) is 19.5 Å². The largest absolute Gasteiger partial charge is 2.00 e. The van der Waals surface area contributed by atoms with E-state index in [1.807, 2.05) is 0 Å². The van der Waals surface area contributed by atoms with E-state index in [1.54, 1.807) is 0 Å². The standard InChI is InChI=1S/2C8H19PS2.Zn/c2*1-7(2)5-9(10,11)6-8(3)4;/h2*7-8H,5-6H2,1-4H3,(H,10,11);/q;;+2/p-2. The molecule has 0 spiro atoms. The molecular weight excluding hydrogens is 448 g/mol. The van der Waals surface area contributed by atoms with Crippen molar-refractivity contribution in [1.29, 1.82) is 0 Å². The molecule has 0 aliphatic carbocycles. The third-order valence-corrected chi connectivity index (χ3v) is 11.3. The molecule has 0 unspecified atom stereocenters. The van der Waals surface area contributed by atoms with E-state index in [4.69, 9.17) is 48.1 Å². The van der Waals surface area contributed by atoms with E-state index in [0.29, 0.717) is 23.7 Å². The normalized spacial score (nSPS) is 12.4. The number of rotatable bonds is 8. The zero-order valence-corrected chi connectivity index (χ0v) is 24.4. The van der Waals surface area contributed by atoms with Crippen LogP contribution in [0, 0.1) is 23.7 Å². The van der Waals surface area contributed by atoms with Crippen LogP contribution in [0.2, 0.25) is 0 Å². The number of hydrogen-bond donors (Lipinski definition) is 0. The molecule has 0 saturated carbocycles. The molecule has 0 aliphatic heterocycles. The molecule has 0 fully saturated rings. The van der Waals surface area contributed by atoms with Gasteiger partial charge in [-0.3, -0.25) is 0 Å². The smallest absolute Gasteiger partial charge is 0.746 e. The summed E-state index contributed by atoms with van der Waals surface area (Å²) in [6, 6.07) is 0. The molecule has 0 heterocycles. The Kier molecular flexibility index (Phi) is 19.3. The zero-order chi connectivity index (χ0) is 18.1. The van der Waals surface area contributed by atoms with Gasteiger partial charge in [0.2, 0.25) is 0 Å². The third kappa shape index (κ3) is 24.6.